The highest BCUT2D eigenvalue weighted by Crippen LogP contribution is 2.30. The van der Waals surface area contributed by atoms with E-state index in [-0.39, 0.29) is 6.61 Å². The number of aromatic nitrogens is 2. The first-order chi connectivity index (χ1) is 8.40. The summed E-state index contributed by atoms with van der Waals surface area (Å²) in [5.74, 6) is 0. The summed E-state index contributed by atoms with van der Waals surface area (Å²) >= 11 is 1.71. The average molecular weight is 249 g/mol. The smallest absolute Gasteiger partial charge is 0.107 e. The molecule has 0 saturated heterocycles. The number of aliphatic hydroxyl groups excluding tert-OH is 1. The fourth-order valence-corrected chi connectivity index (χ4v) is 3.05. The van der Waals surface area contributed by atoms with Gasteiger partial charge in [0.15, 0.2) is 0 Å². The summed E-state index contributed by atoms with van der Waals surface area (Å²) in [5.41, 5.74) is 3.66. The molecular formula is C12H15N3OS. The van der Waals surface area contributed by atoms with E-state index in [2.05, 4.69) is 21.9 Å². The first-order valence-electron chi connectivity index (χ1n) is 5.84. The largest absolute Gasteiger partial charge is 0.394 e. The first-order valence-corrected chi connectivity index (χ1v) is 6.72. The van der Waals surface area contributed by atoms with Crippen LogP contribution in [0, 0.1) is 0 Å². The Morgan fingerprint density at radius 1 is 1.53 bits per heavy atom. The zero-order valence-electron chi connectivity index (χ0n) is 9.52. The Balaban J connectivity index is 2.09. The third kappa shape index (κ3) is 1.90. The number of nitrogens with one attached hydrogen (secondary N) is 1. The van der Waals surface area contributed by atoms with Gasteiger partial charge in [0.2, 0.25) is 0 Å². The Hall–Kier alpha value is -1.17. The van der Waals surface area contributed by atoms with Gasteiger partial charge in [-0.3, -0.25) is 4.68 Å². The molecule has 0 radical (unpaired) electrons. The van der Waals surface area contributed by atoms with Crippen molar-refractivity contribution in [3.8, 4) is 10.6 Å². The van der Waals surface area contributed by atoms with Crippen LogP contribution in [0.5, 0.6) is 0 Å². The van der Waals surface area contributed by atoms with Crippen molar-refractivity contribution in [3.63, 3.8) is 0 Å². The standard InChI is InChI=1S/C12H15N3OS/c16-6-5-15-10-3-4-13-8-9(10)12(14-15)11-2-1-7-17-11/h1-2,7,13,16H,3-6,8H2. The van der Waals surface area contributed by atoms with E-state index < -0.39 is 0 Å². The van der Waals surface area contributed by atoms with Crippen LogP contribution in [0.3, 0.4) is 0 Å². The highest BCUT2D eigenvalue weighted by Gasteiger charge is 2.21. The predicted molar refractivity (Wildman–Crippen MR) is 68.0 cm³/mol. The fraction of sp³-hybridized carbons (Fsp3) is 0.417. The van der Waals surface area contributed by atoms with Crippen molar-refractivity contribution in [2.75, 3.05) is 13.2 Å². The molecule has 3 heterocycles. The van der Waals surface area contributed by atoms with Crippen molar-refractivity contribution in [1.29, 1.82) is 0 Å². The van der Waals surface area contributed by atoms with Crippen LogP contribution in [-0.4, -0.2) is 28.0 Å². The van der Waals surface area contributed by atoms with Gasteiger partial charge >= 0.3 is 0 Å². The van der Waals surface area contributed by atoms with Gasteiger partial charge in [-0.15, -0.1) is 11.3 Å². The van der Waals surface area contributed by atoms with E-state index >= 15 is 0 Å². The lowest BCUT2D eigenvalue weighted by Crippen LogP contribution is -2.25. The van der Waals surface area contributed by atoms with Crippen molar-refractivity contribution >= 4 is 11.3 Å². The number of rotatable bonds is 3. The molecule has 2 N–H and O–H groups in total. The second-order valence-electron chi connectivity index (χ2n) is 4.12. The highest BCUT2D eigenvalue weighted by molar-refractivity contribution is 7.13. The van der Waals surface area contributed by atoms with Crippen molar-refractivity contribution in [2.45, 2.75) is 19.5 Å². The lowest BCUT2D eigenvalue weighted by Gasteiger charge is -2.15. The third-order valence-corrected chi connectivity index (χ3v) is 3.95. The highest BCUT2D eigenvalue weighted by atomic mass is 32.1. The molecule has 0 aliphatic carbocycles. The molecule has 17 heavy (non-hydrogen) atoms. The van der Waals surface area contributed by atoms with Crippen LogP contribution < -0.4 is 5.32 Å². The van der Waals surface area contributed by atoms with Crippen molar-refractivity contribution in [3.05, 3.63) is 28.8 Å². The van der Waals surface area contributed by atoms with Crippen LogP contribution >= 0.6 is 11.3 Å². The van der Waals surface area contributed by atoms with E-state index in [0.29, 0.717) is 6.54 Å². The number of aliphatic hydroxyl groups is 1. The summed E-state index contributed by atoms with van der Waals surface area (Å²) in [5, 5.41) is 19.2. The fourth-order valence-electron chi connectivity index (χ4n) is 2.31. The van der Waals surface area contributed by atoms with Crippen LogP contribution in [-0.2, 0) is 19.5 Å². The lowest BCUT2D eigenvalue weighted by atomic mass is 10.1. The molecule has 0 unspecified atom stereocenters. The molecule has 0 amide bonds. The van der Waals surface area contributed by atoms with Crippen molar-refractivity contribution in [2.24, 2.45) is 0 Å². The van der Waals surface area contributed by atoms with Crippen molar-refractivity contribution in [1.82, 2.24) is 15.1 Å². The monoisotopic (exact) mass is 249 g/mol. The second kappa shape index (κ2) is 4.60. The predicted octanol–water partition coefficient (Wildman–Crippen LogP) is 1.25. The molecule has 0 fully saturated rings. The van der Waals surface area contributed by atoms with Gasteiger partial charge in [0.05, 0.1) is 18.0 Å². The SMILES string of the molecule is OCCn1nc(-c2cccs2)c2c1CCNC2. The van der Waals surface area contributed by atoms with Gasteiger partial charge < -0.3 is 10.4 Å². The van der Waals surface area contributed by atoms with Crippen molar-refractivity contribution < 1.29 is 5.11 Å². The summed E-state index contributed by atoms with van der Waals surface area (Å²) in [4.78, 5) is 1.21. The Labute approximate surface area is 104 Å². The summed E-state index contributed by atoms with van der Waals surface area (Å²) in [6.07, 6.45) is 0.994. The van der Waals surface area contributed by atoms with Gasteiger partial charge in [0, 0.05) is 30.8 Å². The van der Waals surface area contributed by atoms with Gasteiger partial charge in [-0.05, 0) is 11.4 Å². The van der Waals surface area contributed by atoms with Gasteiger partial charge in [0.25, 0.3) is 0 Å². The minimum atomic E-state index is 0.144. The van der Waals surface area contributed by atoms with E-state index in [1.165, 1.54) is 16.1 Å². The Morgan fingerprint density at radius 3 is 3.24 bits per heavy atom. The number of thiophene rings is 1. The van der Waals surface area contributed by atoms with E-state index in [1.54, 1.807) is 11.3 Å². The normalized spacial score (nSPS) is 14.9. The quantitative estimate of drug-likeness (QED) is 0.860. The lowest BCUT2D eigenvalue weighted by molar-refractivity contribution is 0.267. The zero-order valence-corrected chi connectivity index (χ0v) is 10.3. The van der Waals surface area contributed by atoms with Crippen LogP contribution in [0.15, 0.2) is 17.5 Å². The molecule has 0 aromatic carbocycles. The number of hydrogen-bond donors (Lipinski definition) is 2. The summed E-state index contributed by atoms with van der Waals surface area (Å²) in [6.45, 7) is 2.61. The minimum Gasteiger partial charge on any atom is -0.394 e. The maximum atomic E-state index is 9.09. The van der Waals surface area contributed by atoms with Crippen LogP contribution in [0.2, 0.25) is 0 Å². The molecule has 1 aliphatic rings. The molecule has 0 spiro atoms. The summed E-state index contributed by atoms with van der Waals surface area (Å²) < 4.78 is 1.96. The van der Waals surface area contributed by atoms with Gasteiger partial charge in [-0.25, -0.2) is 0 Å². The summed E-state index contributed by atoms with van der Waals surface area (Å²) in [6, 6.07) is 4.15. The number of hydrogen-bond acceptors (Lipinski definition) is 4. The minimum absolute atomic E-state index is 0.144. The molecule has 2 aromatic heterocycles. The van der Waals surface area contributed by atoms with Gasteiger partial charge in [-0.1, -0.05) is 6.07 Å². The number of fused-ring (bicyclic) bond motifs is 1. The van der Waals surface area contributed by atoms with E-state index in [4.69, 9.17) is 5.11 Å². The molecule has 0 bridgehead atoms. The summed E-state index contributed by atoms with van der Waals surface area (Å²) in [7, 11) is 0. The Kier molecular flexibility index (Phi) is 2.96. The molecule has 5 heteroatoms. The molecule has 90 valence electrons. The maximum absolute atomic E-state index is 9.09. The number of nitrogens with zero attached hydrogens (tertiary/aromatic N) is 2. The average Bonchev–Trinajstić information content (AvgIpc) is 2.97. The topological polar surface area (TPSA) is 50.1 Å². The molecule has 2 aromatic rings. The van der Waals surface area contributed by atoms with Gasteiger partial charge in [0.1, 0.15) is 5.69 Å². The maximum Gasteiger partial charge on any atom is 0.107 e. The molecule has 4 nitrogen and oxygen atoms in total. The van der Waals surface area contributed by atoms with E-state index in [1.807, 2.05) is 10.7 Å². The van der Waals surface area contributed by atoms with Crippen LogP contribution in [0.25, 0.3) is 10.6 Å². The van der Waals surface area contributed by atoms with E-state index in [0.717, 1.165) is 25.2 Å². The third-order valence-electron chi connectivity index (χ3n) is 3.07. The van der Waals surface area contributed by atoms with Crippen LogP contribution in [0.4, 0.5) is 0 Å². The first kappa shape index (κ1) is 11.0. The zero-order chi connectivity index (χ0) is 11.7. The molecule has 0 saturated carbocycles. The van der Waals surface area contributed by atoms with Crippen LogP contribution in [0.1, 0.15) is 11.3 Å². The molecule has 0 atom stereocenters. The van der Waals surface area contributed by atoms with Gasteiger partial charge in [-0.2, -0.15) is 5.10 Å². The Morgan fingerprint density at radius 2 is 2.47 bits per heavy atom. The second-order valence-corrected chi connectivity index (χ2v) is 5.07. The molecule has 3 rings (SSSR count). The molecular weight excluding hydrogens is 234 g/mol. The Bertz CT molecular complexity index is 504. The van der Waals surface area contributed by atoms with E-state index in [9.17, 15) is 0 Å². The molecule has 1 aliphatic heterocycles.